The lowest BCUT2D eigenvalue weighted by Gasteiger charge is -2.21. The van der Waals surface area contributed by atoms with E-state index >= 15 is 0 Å². The van der Waals surface area contributed by atoms with Crippen molar-refractivity contribution in [2.24, 2.45) is 0 Å². The molecule has 3 nitrogen and oxygen atoms in total. The number of esters is 1. The first-order chi connectivity index (χ1) is 9.11. The summed E-state index contributed by atoms with van der Waals surface area (Å²) in [6.45, 7) is 0. The standard InChI is InChI=1S/C13H15ClFNO2S/c1-18-13(17)12(16-9-4-5-19-7-9)8-2-3-10(14)11(15)6-8/h2-3,6,9,12,16H,4-5,7H2,1H3/t9-,12-/m1/s1. The van der Waals surface area contributed by atoms with Crippen LogP contribution in [0.1, 0.15) is 18.0 Å². The summed E-state index contributed by atoms with van der Waals surface area (Å²) in [4.78, 5) is 11.8. The number of carbonyl (C=O) groups excluding carboxylic acids is 1. The van der Waals surface area contributed by atoms with Gasteiger partial charge < -0.3 is 4.74 Å². The number of hydrogen-bond donors (Lipinski definition) is 1. The number of halogens is 2. The first-order valence-corrected chi connectivity index (χ1v) is 7.51. The molecule has 104 valence electrons. The van der Waals surface area contributed by atoms with Crippen molar-refractivity contribution in [3.8, 4) is 0 Å². The lowest BCUT2D eigenvalue weighted by molar-refractivity contribution is -0.143. The molecule has 1 fully saturated rings. The minimum absolute atomic E-state index is 0.0452. The number of hydrogen-bond acceptors (Lipinski definition) is 4. The fourth-order valence-corrected chi connectivity index (χ4v) is 3.29. The second kappa shape index (κ2) is 6.59. The van der Waals surface area contributed by atoms with Gasteiger partial charge >= 0.3 is 5.97 Å². The van der Waals surface area contributed by atoms with Crippen LogP contribution in [0.2, 0.25) is 5.02 Å². The quantitative estimate of drug-likeness (QED) is 0.868. The zero-order valence-electron chi connectivity index (χ0n) is 10.5. The van der Waals surface area contributed by atoms with Crippen molar-refractivity contribution < 1.29 is 13.9 Å². The van der Waals surface area contributed by atoms with Crippen LogP contribution in [0.3, 0.4) is 0 Å². The Kier molecular flexibility index (Phi) is 5.07. The highest BCUT2D eigenvalue weighted by Gasteiger charge is 2.27. The molecular weight excluding hydrogens is 289 g/mol. The predicted molar refractivity (Wildman–Crippen MR) is 75.0 cm³/mol. The van der Waals surface area contributed by atoms with Gasteiger partial charge in [-0.25, -0.2) is 9.18 Å². The average Bonchev–Trinajstić information content (AvgIpc) is 2.91. The summed E-state index contributed by atoms with van der Waals surface area (Å²) in [7, 11) is 1.33. The minimum Gasteiger partial charge on any atom is -0.468 e. The number of ether oxygens (including phenoxy) is 1. The molecule has 0 unspecified atom stereocenters. The van der Waals surface area contributed by atoms with E-state index in [2.05, 4.69) is 5.32 Å². The van der Waals surface area contributed by atoms with Crippen LogP contribution < -0.4 is 5.32 Å². The van der Waals surface area contributed by atoms with E-state index in [9.17, 15) is 9.18 Å². The number of benzene rings is 1. The molecule has 1 saturated heterocycles. The third kappa shape index (κ3) is 3.61. The van der Waals surface area contributed by atoms with Crippen molar-refractivity contribution in [1.29, 1.82) is 0 Å². The molecule has 0 radical (unpaired) electrons. The largest absolute Gasteiger partial charge is 0.468 e. The Hall–Kier alpha value is -0.780. The number of nitrogens with one attached hydrogen (secondary N) is 1. The Bertz CT molecular complexity index is 466. The SMILES string of the molecule is COC(=O)[C@H](N[C@@H]1CCSC1)c1ccc(Cl)c(F)c1. The van der Waals surface area contributed by atoms with Crippen LogP contribution in [-0.4, -0.2) is 30.6 Å². The van der Waals surface area contributed by atoms with Crippen LogP contribution in [0.25, 0.3) is 0 Å². The van der Waals surface area contributed by atoms with E-state index in [1.807, 2.05) is 11.8 Å². The van der Waals surface area contributed by atoms with E-state index in [-0.39, 0.29) is 11.1 Å². The van der Waals surface area contributed by atoms with E-state index in [0.717, 1.165) is 17.9 Å². The van der Waals surface area contributed by atoms with E-state index in [0.29, 0.717) is 5.56 Å². The van der Waals surface area contributed by atoms with Gasteiger partial charge in [-0.2, -0.15) is 11.8 Å². The Morgan fingerprint density at radius 3 is 3.00 bits per heavy atom. The maximum Gasteiger partial charge on any atom is 0.327 e. The van der Waals surface area contributed by atoms with Crippen molar-refractivity contribution in [3.63, 3.8) is 0 Å². The molecule has 6 heteroatoms. The van der Waals surface area contributed by atoms with Crippen molar-refractivity contribution in [2.75, 3.05) is 18.6 Å². The van der Waals surface area contributed by atoms with Gasteiger partial charge in [0.2, 0.25) is 0 Å². The molecule has 0 aliphatic carbocycles. The van der Waals surface area contributed by atoms with Crippen LogP contribution in [0.5, 0.6) is 0 Å². The molecule has 1 N–H and O–H groups in total. The third-order valence-electron chi connectivity index (χ3n) is 3.05. The second-order valence-corrected chi connectivity index (χ2v) is 5.91. The highest BCUT2D eigenvalue weighted by Crippen LogP contribution is 2.24. The van der Waals surface area contributed by atoms with Crippen LogP contribution in [0, 0.1) is 5.82 Å². The minimum atomic E-state index is -0.652. The first-order valence-electron chi connectivity index (χ1n) is 5.98. The molecule has 1 aliphatic heterocycles. The normalized spacial score (nSPS) is 20.3. The number of rotatable bonds is 4. The van der Waals surface area contributed by atoms with Gasteiger partial charge in [-0.1, -0.05) is 17.7 Å². The highest BCUT2D eigenvalue weighted by molar-refractivity contribution is 7.99. The average molecular weight is 304 g/mol. The summed E-state index contributed by atoms with van der Waals surface area (Å²) < 4.78 is 18.3. The van der Waals surface area contributed by atoms with Gasteiger partial charge in [-0.15, -0.1) is 0 Å². The third-order valence-corrected chi connectivity index (χ3v) is 4.51. The Labute approximate surface area is 120 Å². The Morgan fingerprint density at radius 2 is 2.42 bits per heavy atom. The monoisotopic (exact) mass is 303 g/mol. The number of methoxy groups -OCH3 is 1. The van der Waals surface area contributed by atoms with E-state index in [1.165, 1.54) is 19.2 Å². The number of thioether (sulfide) groups is 1. The van der Waals surface area contributed by atoms with Gasteiger partial charge in [0.1, 0.15) is 11.9 Å². The zero-order valence-corrected chi connectivity index (χ0v) is 12.1. The molecule has 2 atom stereocenters. The molecule has 1 aromatic rings. The van der Waals surface area contributed by atoms with Crippen LogP contribution in [-0.2, 0) is 9.53 Å². The zero-order chi connectivity index (χ0) is 13.8. The van der Waals surface area contributed by atoms with Crippen molar-refractivity contribution >= 4 is 29.3 Å². The van der Waals surface area contributed by atoms with Gasteiger partial charge in [-0.3, -0.25) is 5.32 Å². The van der Waals surface area contributed by atoms with Crippen LogP contribution in [0.4, 0.5) is 4.39 Å². The smallest absolute Gasteiger partial charge is 0.327 e. The molecule has 0 aromatic heterocycles. The van der Waals surface area contributed by atoms with Crippen molar-refractivity contribution in [3.05, 3.63) is 34.6 Å². The molecule has 2 rings (SSSR count). The summed E-state index contributed by atoms with van der Waals surface area (Å²) in [5.41, 5.74) is 0.533. The van der Waals surface area contributed by atoms with Gasteiger partial charge in [0.05, 0.1) is 12.1 Å². The molecule has 0 spiro atoms. The van der Waals surface area contributed by atoms with Gasteiger partial charge in [-0.05, 0) is 29.9 Å². The maximum absolute atomic E-state index is 13.5. The lowest BCUT2D eigenvalue weighted by Crippen LogP contribution is -2.37. The Morgan fingerprint density at radius 1 is 1.63 bits per heavy atom. The number of carbonyl (C=O) groups is 1. The summed E-state index contributed by atoms with van der Waals surface area (Å²) >= 11 is 7.49. The van der Waals surface area contributed by atoms with E-state index in [1.54, 1.807) is 6.07 Å². The van der Waals surface area contributed by atoms with Gasteiger partial charge in [0, 0.05) is 11.8 Å². The Balaban J connectivity index is 2.20. The fourth-order valence-electron chi connectivity index (χ4n) is 2.01. The molecule has 0 bridgehead atoms. The molecule has 1 aliphatic rings. The highest BCUT2D eigenvalue weighted by atomic mass is 35.5. The molecular formula is C13H15ClFNO2S. The lowest BCUT2D eigenvalue weighted by atomic mass is 10.1. The topological polar surface area (TPSA) is 38.3 Å². The molecule has 19 heavy (non-hydrogen) atoms. The van der Waals surface area contributed by atoms with Gasteiger partial charge in [0.25, 0.3) is 0 Å². The molecule has 0 saturated carbocycles. The van der Waals surface area contributed by atoms with E-state index < -0.39 is 17.8 Å². The summed E-state index contributed by atoms with van der Waals surface area (Å²) in [6, 6.07) is 3.96. The summed E-state index contributed by atoms with van der Waals surface area (Å²) in [6.07, 6.45) is 0.994. The molecule has 0 amide bonds. The first kappa shape index (κ1) is 14.6. The fraction of sp³-hybridized carbons (Fsp3) is 0.462. The van der Waals surface area contributed by atoms with E-state index in [4.69, 9.17) is 16.3 Å². The summed E-state index contributed by atoms with van der Waals surface area (Å²) in [5.74, 6) is 1.07. The molecule has 1 aromatic carbocycles. The molecule has 1 heterocycles. The second-order valence-electron chi connectivity index (χ2n) is 4.36. The van der Waals surface area contributed by atoms with Crippen LogP contribution >= 0.6 is 23.4 Å². The van der Waals surface area contributed by atoms with Crippen LogP contribution in [0.15, 0.2) is 18.2 Å². The predicted octanol–water partition coefficient (Wildman–Crippen LogP) is 2.79. The summed E-state index contributed by atoms with van der Waals surface area (Å²) in [5, 5.41) is 3.27. The van der Waals surface area contributed by atoms with Crippen molar-refractivity contribution in [2.45, 2.75) is 18.5 Å². The van der Waals surface area contributed by atoms with Crippen molar-refractivity contribution in [1.82, 2.24) is 5.32 Å². The maximum atomic E-state index is 13.5. The van der Waals surface area contributed by atoms with Gasteiger partial charge in [0.15, 0.2) is 0 Å².